The SMILES string of the molecule is CSc1nc(NN)cc(NCC2(O)CCC(C)(C)CC2)n1. The number of aromatic nitrogens is 2. The highest BCUT2D eigenvalue weighted by Crippen LogP contribution is 2.40. The number of nitrogen functional groups attached to an aromatic ring is 1. The summed E-state index contributed by atoms with van der Waals surface area (Å²) in [5, 5.41) is 14.5. The fourth-order valence-electron chi connectivity index (χ4n) is 2.50. The number of nitrogens with zero attached hydrogens (tertiary/aromatic N) is 2. The standard InChI is InChI=1S/C14H25N5OS/c1-13(2)4-6-14(20,7-5-13)9-16-10-8-11(19-15)18-12(17-10)21-3/h8,20H,4-7,9,15H2,1-3H3,(H2,16,17,18,19). The maximum Gasteiger partial charge on any atom is 0.191 e. The van der Waals surface area contributed by atoms with Crippen LogP contribution in [0.1, 0.15) is 39.5 Å². The molecule has 1 aliphatic rings. The lowest BCUT2D eigenvalue weighted by molar-refractivity contribution is -0.0146. The molecule has 0 bridgehead atoms. The Balaban J connectivity index is 1.99. The zero-order chi connectivity index (χ0) is 15.5. The van der Waals surface area contributed by atoms with E-state index in [0.717, 1.165) is 25.7 Å². The van der Waals surface area contributed by atoms with Gasteiger partial charge in [-0.2, -0.15) is 0 Å². The molecule has 1 aromatic rings. The molecular weight excluding hydrogens is 286 g/mol. The lowest BCUT2D eigenvalue weighted by Gasteiger charge is -2.40. The van der Waals surface area contributed by atoms with Crippen molar-refractivity contribution in [2.45, 2.75) is 50.3 Å². The van der Waals surface area contributed by atoms with Gasteiger partial charge in [-0.1, -0.05) is 25.6 Å². The molecule has 0 atom stereocenters. The van der Waals surface area contributed by atoms with Crippen LogP contribution in [-0.4, -0.2) is 33.5 Å². The number of aliphatic hydroxyl groups is 1. The topological polar surface area (TPSA) is 96.1 Å². The van der Waals surface area contributed by atoms with E-state index in [9.17, 15) is 5.11 Å². The van der Waals surface area contributed by atoms with Gasteiger partial charge in [-0.3, -0.25) is 0 Å². The van der Waals surface area contributed by atoms with Crippen LogP contribution in [0.4, 0.5) is 11.6 Å². The summed E-state index contributed by atoms with van der Waals surface area (Å²) in [6.45, 7) is 5.01. The van der Waals surface area contributed by atoms with Gasteiger partial charge < -0.3 is 15.8 Å². The Morgan fingerprint density at radius 1 is 1.24 bits per heavy atom. The van der Waals surface area contributed by atoms with Gasteiger partial charge in [-0.15, -0.1) is 0 Å². The Hall–Kier alpha value is -1.05. The summed E-state index contributed by atoms with van der Waals surface area (Å²) in [4.78, 5) is 8.59. The lowest BCUT2D eigenvalue weighted by atomic mass is 9.71. The summed E-state index contributed by atoms with van der Waals surface area (Å²) in [6, 6.07) is 1.75. The van der Waals surface area contributed by atoms with Crippen LogP contribution in [0.25, 0.3) is 0 Å². The molecule has 1 saturated carbocycles. The van der Waals surface area contributed by atoms with Crippen molar-refractivity contribution < 1.29 is 5.11 Å². The van der Waals surface area contributed by atoms with Crippen molar-refractivity contribution in [1.29, 1.82) is 0 Å². The fraction of sp³-hybridized carbons (Fsp3) is 0.714. The molecule has 0 radical (unpaired) electrons. The van der Waals surface area contributed by atoms with Crippen LogP contribution >= 0.6 is 11.8 Å². The second kappa shape index (κ2) is 6.37. The van der Waals surface area contributed by atoms with E-state index in [1.807, 2.05) is 6.26 Å². The van der Waals surface area contributed by atoms with Crippen LogP contribution in [0, 0.1) is 5.41 Å². The Morgan fingerprint density at radius 3 is 2.43 bits per heavy atom. The van der Waals surface area contributed by atoms with Crippen LogP contribution in [-0.2, 0) is 0 Å². The molecule has 1 fully saturated rings. The lowest BCUT2D eigenvalue weighted by Crippen LogP contribution is -2.42. The monoisotopic (exact) mass is 311 g/mol. The first kappa shape index (κ1) is 16.3. The zero-order valence-corrected chi connectivity index (χ0v) is 13.8. The van der Waals surface area contributed by atoms with Gasteiger partial charge in [0.2, 0.25) is 0 Å². The third-order valence-electron chi connectivity index (χ3n) is 4.17. The highest BCUT2D eigenvalue weighted by molar-refractivity contribution is 7.98. The van der Waals surface area contributed by atoms with Gasteiger partial charge in [-0.25, -0.2) is 15.8 Å². The summed E-state index contributed by atoms with van der Waals surface area (Å²) in [5.41, 5.74) is 2.21. The van der Waals surface area contributed by atoms with Crippen LogP contribution < -0.4 is 16.6 Å². The van der Waals surface area contributed by atoms with Crippen LogP contribution in [0.15, 0.2) is 11.2 Å². The van der Waals surface area contributed by atoms with E-state index >= 15 is 0 Å². The number of nitrogens with one attached hydrogen (secondary N) is 2. The van der Waals surface area contributed by atoms with Crippen LogP contribution in [0.5, 0.6) is 0 Å². The molecule has 0 aromatic carbocycles. The molecular formula is C14H25N5OS. The van der Waals surface area contributed by atoms with E-state index in [-0.39, 0.29) is 0 Å². The number of hydrazine groups is 1. The molecule has 0 unspecified atom stereocenters. The molecule has 6 nitrogen and oxygen atoms in total. The normalized spacial score (nSPS) is 20.0. The van der Waals surface area contributed by atoms with E-state index in [1.165, 1.54) is 11.8 Å². The summed E-state index contributed by atoms with van der Waals surface area (Å²) in [5.74, 6) is 6.66. The quantitative estimate of drug-likeness (QED) is 0.286. The average molecular weight is 311 g/mol. The largest absolute Gasteiger partial charge is 0.388 e. The summed E-state index contributed by atoms with van der Waals surface area (Å²) < 4.78 is 0. The Labute approximate surface area is 130 Å². The number of rotatable bonds is 5. The fourth-order valence-corrected chi connectivity index (χ4v) is 2.88. The van der Waals surface area contributed by atoms with Crippen molar-refractivity contribution in [1.82, 2.24) is 9.97 Å². The van der Waals surface area contributed by atoms with Gasteiger partial charge >= 0.3 is 0 Å². The highest BCUT2D eigenvalue weighted by atomic mass is 32.2. The van der Waals surface area contributed by atoms with Gasteiger partial charge in [-0.05, 0) is 37.4 Å². The van der Waals surface area contributed by atoms with Crippen molar-refractivity contribution in [2.75, 3.05) is 23.5 Å². The third kappa shape index (κ3) is 4.46. The first-order valence-corrected chi connectivity index (χ1v) is 8.44. The van der Waals surface area contributed by atoms with Crippen molar-refractivity contribution in [3.8, 4) is 0 Å². The number of nitrogens with two attached hydrogens (primary N) is 1. The van der Waals surface area contributed by atoms with Gasteiger partial charge in [0.15, 0.2) is 5.16 Å². The second-order valence-electron chi connectivity index (χ2n) is 6.51. The smallest absolute Gasteiger partial charge is 0.191 e. The van der Waals surface area contributed by atoms with Crippen molar-refractivity contribution in [3.05, 3.63) is 6.07 Å². The maximum atomic E-state index is 10.7. The van der Waals surface area contributed by atoms with Crippen LogP contribution in [0.2, 0.25) is 0 Å². The first-order valence-electron chi connectivity index (χ1n) is 7.22. The molecule has 1 aliphatic carbocycles. The highest BCUT2D eigenvalue weighted by Gasteiger charge is 2.36. The molecule has 5 N–H and O–H groups in total. The predicted octanol–water partition coefficient (Wildman–Crippen LogP) is 2.23. The Morgan fingerprint density at radius 2 is 1.86 bits per heavy atom. The van der Waals surface area contributed by atoms with E-state index in [0.29, 0.717) is 28.8 Å². The molecule has 7 heteroatoms. The average Bonchev–Trinajstić information content (AvgIpc) is 2.48. The number of anilines is 2. The zero-order valence-electron chi connectivity index (χ0n) is 12.9. The minimum absolute atomic E-state index is 0.337. The number of hydrogen-bond acceptors (Lipinski definition) is 7. The Bertz CT molecular complexity index is 462. The predicted molar refractivity (Wildman–Crippen MR) is 87.3 cm³/mol. The minimum Gasteiger partial charge on any atom is -0.388 e. The third-order valence-corrected chi connectivity index (χ3v) is 4.72. The van der Waals surface area contributed by atoms with Crippen molar-refractivity contribution in [3.63, 3.8) is 0 Å². The van der Waals surface area contributed by atoms with Gasteiger partial charge in [0.05, 0.1) is 5.60 Å². The molecule has 1 heterocycles. The van der Waals surface area contributed by atoms with Crippen molar-refractivity contribution >= 4 is 23.4 Å². The molecule has 0 amide bonds. The second-order valence-corrected chi connectivity index (χ2v) is 7.28. The van der Waals surface area contributed by atoms with Crippen molar-refractivity contribution in [2.24, 2.45) is 11.3 Å². The number of hydrogen-bond donors (Lipinski definition) is 4. The number of thioether (sulfide) groups is 1. The van der Waals surface area contributed by atoms with Gasteiger partial charge in [0.1, 0.15) is 11.6 Å². The molecule has 0 spiro atoms. The van der Waals surface area contributed by atoms with E-state index in [1.54, 1.807) is 6.07 Å². The Kier molecular flexibility index (Phi) is 4.95. The summed E-state index contributed by atoms with van der Waals surface area (Å²) in [6.07, 6.45) is 5.63. The van der Waals surface area contributed by atoms with E-state index in [4.69, 9.17) is 5.84 Å². The minimum atomic E-state index is -0.656. The summed E-state index contributed by atoms with van der Waals surface area (Å²) >= 11 is 1.45. The van der Waals surface area contributed by atoms with Gasteiger partial charge in [0.25, 0.3) is 0 Å². The molecule has 0 saturated heterocycles. The van der Waals surface area contributed by atoms with Crippen LogP contribution in [0.3, 0.4) is 0 Å². The molecule has 0 aliphatic heterocycles. The van der Waals surface area contributed by atoms with E-state index in [2.05, 4.69) is 34.6 Å². The van der Waals surface area contributed by atoms with Gasteiger partial charge in [0, 0.05) is 12.6 Å². The molecule has 21 heavy (non-hydrogen) atoms. The first-order chi connectivity index (χ1) is 9.86. The molecule has 118 valence electrons. The maximum absolute atomic E-state index is 10.7. The molecule has 2 rings (SSSR count). The molecule has 1 aromatic heterocycles. The van der Waals surface area contributed by atoms with E-state index < -0.39 is 5.60 Å². The summed E-state index contributed by atoms with van der Waals surface area (Å²) in [7, 11) is 0.